The standard InChI is InChI=1S/C21H17ClN6S/c22-17-12-18(25-19(24-17)15-6-7-15)29-21-27-26-20(16-8-10-23-11-9-16)28(21)13-14-4-2-1-3-5-14/h1-5,8-12,15H,6-7,13H2. The quantitative estimate of drug-likeness (QED) is 0.415. The number of benzene rings is 1. The van der Waals surface area contributed by atoms with Crippen LogP contribution in [-0.2, 0) is 6.54 Å². The third-order valence-electron chi connectivity index (χ3n) is 4.67. The van der Waals surface area contributed by atoms with E-state index < -0.39 is 0 Å². The highest BCUT2D eigenvalue weighted by atomic mass is 35.5. The van der Waals surface area contributed by atoms with Gasteiger partial charge in [-0.3, -0.25) is 9.55 Å². The van der Waals surface area contributed by atoms with Crippen molar-refractivity contribution >= 4 is 23.4 Å². The Labute approximate surface area is 177 Å². The normalized spacial score (nSPS) is 13.6. The summed E-state index contributed by atoms with van der Waals surface area (Å²) in [6.45, 7) is 0.655. The van der Waals surface area contributed by atoms with Gasteiger partial charge in [0.15, 0.2) is 11.0 Å². The first-order chi connectivity index (χ1) is 14.3. The summed E-state index contributed by atoms with van der Waals surface area (Å²) in [6, 6.07) is 15.9. The van der Waals surface area contributed by atoms with Crippen molar-refractivity contribution in [3.8, 4) is 11.4 Å². The minimum absolute atomic E-state index is 0.433. The largest absolute Gasteiger partial charge is 0.297 e. The molecule has 0 radical (unpaired) electrons. The first-order valence-electron chi connectivity index (χ1n) is 9.36. The van der Waals surface area contributed by atoms with Gasteiger partial charge in [0.05, 0.1) is 6.54 Å². The SMILES string of the molecule is Clc1cc(Sc2nnc(-c3ccncc3)n2Cc2ccccc2)nc(C2CC2)n1. The van der Waals surface area contributed by atoms with Crippen LogP contribution in [-0.4, -0.2) is 29.7 Å². The molecule has 0 aliphatic heterocycles. The van der Waals surface area contributed by atoms with Gasteiger partial charge < -0.3 is 0 Å². The Morgan fingerprint density at radius 1 is 1.00 bits per heavy atom. The van der Waals surface area contributed by atoms with Gasteiger partial charge in [-0.1, -0.05) is 41.9 Å². The second-order valence-electron chi connectivity index (χ2n) is 6.88. The predicted octanol–water partition coefficient (Wildman–Crippen LogP) is 4.86. The van der Waals surface area contributed by atoms with Crippen LogP contribution in [0.2, 0.25) is 5.15 Å². The fourth-order valence-electron chi connectivity index (χ4n) is 3.07. The first-order valence-corrected chi connectivity index (χ1v) is 10.6. The summed E-state index contributed by atoms with van der Waals surface area (Å²) in [5.74, 6) is 2.05. The maximum atomic E-state index is 6.24. The van der Waals surface area contributed by atoms with Crippen molar-refractivity contribution in [2.24, 2.45) is 0 Å². The molecule has 0 spiro atoms. The number of nitrogens with zero attached hydrogens (tertiary/aromatic N) is 6. The lowest BCUT2D eigenvalue weighted by atomic mass is 10.2. The molecule has 144 valence electrons. The van der Waals surface area contributed by atoms with Crippen molar-refractivity contribution in [3.63, 3.8) is 0 Å². The third kappa shape index (κ3) is 4.16. The molecule has 29 heavy (non-hydrogen) atoms. The van der Waals surface area contributed by atoms with Crippen LogP contribution in [0.5, 0.6) is 0 Å². The van der Waals surface area contributed by atoms with Gasteiger partial charge in [0.2, 0.25) is 0 Å². The van der Waals surface area contributed by atoms with Crippen LogP contribution in [0.1, 0.15) is 30.1 Å². The number of halogens is 1. The minimum atomic E-state index is 0.433. The Kier molecular flexibility index (Phi) is 4.99. The summed E-state index contributed by atoms with van der Waals surface area (Å²) in [7, 11) is 0. The topological polar surface area (TPSA) is 69.4 Å². The average molecular weight is 421 g/mol. The van der Waals surface area contributed by atoms with Gasteiger partial charge in [0.25, 0.3) is 0 Å². The van der Waals surface area contributed by atoms with Crippen molar-refractivity contribution in [1.29, 1.82) is 0 Å². The van der Waals surface area contributed by atoms with Crippen LogP contribution >= 0.6 is 23.4 Å². The fraction of sp³-hybridized carbons (Fsp3) is 0.190. The summed E-state index contributed by atoms with van der Waals surface area (Å²) in [5.41, 5.74) is 2.14. The lowest BCUT2D eigenvalue weighted by Crippen LogP contribution is -2.04. The fourth-order valence-corrected chi connectivity index (χ4v) is 4.17. The van der Waals surface area contributed by atoms with Crippen LogP contribution in [0, 0.1) is 0 Å². The van der Waals surface area contributed by atoms with Gasteiger partial charge in [0.1, 0.15) is 16.0 Å². The summed E-state index contributed by atoms with van der Waals surface area (Å²) in [6.07, 6.45) is 5.77. The Balaban J connectivity index is 1.53. The first kappa shape index (κ1) is 18.3. The van der Waals surface area contributed by atoms with E-state index in [4.69, 9.17) is 16.6 Å². The van der Waals surface area contributed by atoms with Gasteiger partial charge in [-0.15, -0.1) is 10.2 Å². The summed E-state index contributed by atoms with van der Waals surface area (Å²) in [4.78, 5) is 13.2. The Bertz CT molecular complexity index is 1130. The molecule has 0 amide bonds. The molecule has 4 aromatic rings. The highest BCUT2D eigenvalue weighted by Gasteiger charge is 2.27. The van der Waals surface area contributed by atoms with E-state index in [-0.39, 0.29) is 0 Å². The summed E-state index contributed by atoms with van der Waals surface area (Å²) in [5, 5.41) is 10.9. The Morgan fingerprint density at radius 2 is 1.79 bits per heavy atom. The Morgan fingerprint density at radius 3 is 2.55 bits per heavy atom. The van der Waals surface area contributed by atoms with Gasteiger partial charge in [-0.05, 0) is 42.3 Å². The molecular formula is C21H17ClN6S. The zero-order chi connectivity index (χ0) is 19.6. The molecule has 0 bridgehead atoms. The molecule has 3 heterocycles. The van der Waals surface area contributed by atoms with Gasteiger partial charge >= 0.3 is 0 Å². The van der Waals surface area contributed by atoms with E-state index in [2.05, 4.69) is 36.9 Å². The van der Waals surface area contributed by atoms with E-state index in [1.54, 1.807) is 18.5 Å². The zero-order valence-corrected chi connectivity index (χ0v) is 17.0. The molecule has 6 nitrogen and oxygen atoms in total. The van der Waals surface area contributed by atoms with Crippen molar-refractivity contribution in [3.05, 3.63) is 77.5 Å². The van der Waals surface area contributed by atoms with Crippen LogP contribution in [0.4, 0.5) is 0 Å². The van der Waals surface area contributed by atoms with Gasteiger partial charge in [-0.2, -0.15) is 0 Å². The molecule has 0 unspecified atom stereocenters. The maximum Gasteiger partial charge on any atom is 0.198 e. The van der Waals surface area contributed by atoms with E-state index in [9.17, 15) is 0 Å². The van der Waals surface area contributed by atoms with E-state index in [0.717, 1.165) is 40.2 Å². The van der Waals surface area contributed by atoms with E-state index in [1.165, 1.54) is 17.3 Å². The number of aromatic nitrogens is 6. The molecule has 3 aromatic heterocycles. The molecule has 1 aromatic carbocycles. The van der Waals surface area contributed by atoms with E-state index in [1.807, 2.05) is 30.3 Å². The van der Waals surface area contributed by atoms with Crippen LogP contribution in [0.15, 0.2) is 71.1 Å². The third-order valence-corrected chi connectivity index (χ3v) is 5.76. The lowest BCUT2D eigenvalue weighted by Gasteiger charge is -2.10. The zero-order valence-electron chi connectivity index (χ0n) is 15.4. The second kappa shape index (κ2) is 7.93. The molecule has 1 saturated carbocycles. The van der Waals surface area contributed by atoms with Crippen molar-refractivity contribution < 1.29 is 0 Å². The van der Waals surface area contributed by atoms with Crippen molar-refractivity contribution in [2.45, 2.75) is 35.5 Å². The second-order valence-corrected chi connectivity index (χ2v) is 8.25. The predicted molar refractivity (Wildman–Crippen MR) is 112 cm³/mol. The minimum Gasteiger partial charge on any atom is -0.297 e. The van der Waals surface area contributed by atoms with Gasteiger partial charge in [0, 0.05) is 29.9 Å². The average Bonchev–Trinajstić information content (AvgIpc) is 3.53. The van der Waals surface area contributed by atoms with Crippen molar-refractivity contribution in [2.75, 3.05) is 0 Å². The summed E-state index contributed by atoms with van der Waals surface area (Å²) < 4.78 is 2.10. The van der Waals surface area contributed by atoms with E-state index in [0.29, 0.717) is 17.6 Å². The molecule has 0 saturated heterocycles. The molecule has 1 aliphatic rings. The molecule has 1 aliphatic carbocycles. The molecule has 1 fully saturated rings. The van der Waals surface area contributed by atoms with Crippen LogP contribution in [0.25, 0.3) is 11.4 Å². The lowest BCUT2D eigenvalue weighted by molar-refractivity contribution is 0.713. The maximum absolute atomic E-state index is 6.24. The highest BCUT2D eigenvalue weighted by Crippen LogP contribution is 2.39. The number of hydrogen-bond acceptors (Lipinski definition) is 6. The number of hydrogen-bond donors (Lipinski definition) is 0. The van der Waals surface area contributed by atoms with Crippen LogP contribution in [0.3, 0.4) is 0 Å². The molecule has 0 atom stereocenters. The van der Waals surface area contributed by atoms with Gasteiger partial charge in [-0.25, -0.2) is 9.97 Å². The monoisotopic (exact) mass is 420 g/mol. The smallest absolute Gasteiger partial charge is 0.198 e. The van der Waals surface area contributed by atoms with Crippen molar-refractivity contribution in [1.82, 2.24) is 29.7 Å². The summed E-state index contributed by atoms with van der Waals surface area (Å²) >= 11 is 7.71. The molecule has 0 N–H and O–H groups in total. The molecule has 8 heteroatoms. The highest BCUT2D eigenvalue weighted by molar-refractivity contribution is 7.99. The van der Waals surface area contributed by atoms with Crippen LogP contribution < -0.4 is 0 Å². The van der Waals surface area contributed by atoms with E-state index >= 15 is 0 Å². The number of rotatable bonds is 6. The Hall–Kier alpha value is -2.77. The molecular weight excluding hydrogens is 404 g/mol. The molecule has 5 rings (SSSR count). The number of pyridine rings is 1.